The number of rotatable bonds is 4. The average molecular weight is 379 g/mol. The monoisotopic (exact) mass is 378 g/mol. The first-order chi connectivity index (χ1) is 13.3. The molecule has 2 aromatic rings. The van der Waals surface area contributed by atoms with Crippen molar-refractivity contribution in [1.29, 1.82) is 0 Å². The molecule has 0 N–H and O–H groups in total. The Morgan fingerprint density at radius 3 is 2.50 bits per heavy atom. The number of aryl methyl sites for hydroxylation is 2. The van der Waals surface area contributed by atoms with Crippen molar-refractivity contribution in [2.24, 2.45) is 11.0 Å². The zero-order chi connectivity index (χ0) is 19.9. The van der Waals surface area contributed by atoms with Gasteiger partial charge >= 0.3 is 0 Å². The van der Waals surface area contributed by atoms with Gasteiger partial charge in [-0.05, 0) is 52.0 Å². The molecule has 1 aliphatic heterocycles. The molecular formula is C23H30N4O. The molecule has 1 fully saturated rings. The van der Waals surface area contributed by atoms with E-state index in [2.05, 4.69) is 51.0 Å². The minimum Gasteiger partial charge on any atom is -0.272 e. The van der Waals surface area contributed by atoms with Crippen molar-refractivity contribution in [2.75, 3.05) is 0 Å². The van der Waals surface area contributed by atoms with Crippen LogP contribution in [0.4, 0.5) is 0 Å². The summed E-state index contributed by atoms with van der Waals surface area (Å²) < 4.78 is 1.93. The lowest BCUT2D eigenvalue weighted by Crippen LogP contribution is -2.40. The summed E-state index contributed by atoms with van der Waals surface area (Å²) in [7, 11) is 0. The molecule has 28 heavy (non-hydrogen) atoms. The number of hydrogen-bond acceptors (Lipinski definition) is 3. The van der Waals surface area contributed by atoms with E-state index in [-0.39, 0.29) is 11.4 Å². The molecule has 0 saturated heterocycles. The molecular weight excluding hydrogens is 348 g/mol. The van der Waals surface area contributed by atoms with E-state index in [1.165, 1.54) is 36.8 Å². The minimum atomic E-state index is -0.350. The number of nitrogens with zero attached hydrogens (tertiary/aromatic N) is 4. The second kappa shape index (κ2) is 7.19. The Balaban J connectivity index is 1.55. The molecule has 148 valence electrons. The SMILES string of the molecule is Cc1cc(C)cc(C2=NN(C(=O)c3cnn(CC4CCCC4)c3)C(C)(C)C2)c1. The van der Waals surface area contributed by atoms with Crippen LogP contribution in [0.3, 0.4) is 0 Å². The van der Waals surface area contributed by atoms with Crippen molar-refractivity contribution in [1.82, 2.24) is 14.8 Å². The molecule has 5 nitrogen and oxygen atoms in total. The van der Waals surface area contributed by atoms with E-state index in [1.807, 2.05) is 10.9 Å². The Bertz CT molecular complexity index is 898. The molecule has 1 amide bonds. The lowest BCUT2D eigenvalue weighted by Gasteiger charge is -2.28. The number of benzene rings is 1. The van der Waals surface area contributed by atoms with E-state index in [1.54, 1.807) is 11.2 Å². The van der Waals surface area contributed by atoms with Gasteiger partial charge < -0.3 is 0 Å². The quantitative estimate of drug-likeness (QED) is 0.773. The molecule has 5 heteroatoms. The van der Waals surface area contributed by atoms with Crippen LogP contribution >= 0.6 is 0 Å². The fraction of sp³-hybridized carbons (Fsp3) is 0.522. The van der Waals surface area contributed by atoms with Crippen LogP contribution in [-0.2, 0) is 6.54 Å². The molecule has 0 unspecified atom stereocenters. The van der Waals surface area contributed by atoms with Crippen LogP contribution in [0.2, 0.25) is 0 Å². The number of carbonyl (C=O) groups is 1. The first-order valence-electron chi connectivity index (χ1n) is 10.3. The van der Waals surface area contributed by atoms with Crippen LogP contribution in [0.15, 0.2) is 35.7 Å². The van der Waals surface area contributed by atoms with Crippen molar-refractivity contribution in [3.05, 3.63) is 52.8 Å². The summed E-state index contributed by atoms with van der Waals surface area (Å²) in [5.41, 5.74) is 4.79. The molecule has 1 aromatic carbocycles. The normalized spacial score (nSPS) is 19.3. The Morgan fingerprint density at radius 1 is 1.14 bits per heavy atom. The molecule has 2 aliphatic rings. The maximum atomic E-state index is 13.2. The lowest BCUT2D eigenvalue weighted by molar-refractivity contribution is 0.0612. The van der Waals surface area contributed by atoms with E-state index in [4.69, 9.17) is 5.10 Å². The van der Waals surface area contributed by atoms with E-state index in [0.717, 1.165) is 24.2 Å². The number of hydrogen-bond donors (Lipinski definition) is 0. The van der Waals surface area contributed by atoms with Gasteiger partial charge in [0.05, 0.1) is 23.0 Å². The molecule has 2 heterocycles. The number of amides is 1. The van der Waals surface area contributed by atoms with Gasteiger partial charge in [-0.15, -0.1) is 0 Å². The third-order valence-electron chi connectivity index (χ3n) is 5.94. The van der Waals surface area contributed by atoms with Gasteiger partial charge in [0.15, 0.2) is 0 Å². The maximum Gasteiger partial charge on any atom is 0.277 e. The molecule has 0 bridgehead atoms. The van der Waals surface area contributed by atoms with Crippen molar-refractivity contribution < 1.29 is 4.79 Å². The first kappa shape index (κ1) is 18.9. The van der Waals surface area contributed by atoms with E-state index in [9.17, 15) is 4.79 Å². The Morgan fingerprint density at radius 2 is 1.82 bits per heavy atom. The van der Waals surface area contributed by atoms with Crippen molar-refractivity contribution in [2.45, 2.75) is 71.9 Å². The highest BCUT2D eigenvalue weighted by atomic mass is 16.2. The molecule has 1 saturated carbocycles. The standard InChI is InChI=1S/C23H30N4O/c1-16-9-17(2)11-19(10-16)21-12-23(3,4)27(25-21)22(28)20-13-24-26(15-20)14-18-7-5-6-8-18/h9-11,13,15,18H,5-8,12,14H2,1-4H3. The van der Waals surface area contributed by atoms with E-state index >= 15 is 0 Å². The van der Waals surface area contributed by atoms with Gasteiger partial charge in [0, 0.05) is 19.2 Å². The molecule has 0 atom stereocenters. The van der Waals surface area contributed by atoms with E-state index < -0.39 is 0 Å². The second-order valence-corrected chi connectivity index (χ2v) is 9.13. The number of hydrazone groups is 1. The third kappa shape index (κ3) is 3.75. The van der Waals surface area contributed by atoms with Gasteiger partial charge in [-0.3, -0.25) is 9.48 Å². The predicted molar refractivity (Wildman–Crippen MR) is 112 cm³/mol. The predicted octanol–water partition coefficient (Wildman–Crippen LogP) is 4.72. The topological polar surface area (TPSA) is 50.5 Å². The summed E-state index contributed by atoms with van der Waals surface area (Å²) in [6, 6.07) is 6.46. The van der Waals surface area contributed by atoms with Gasteiger partial charge in [-0.2, -0.15) is 10.2 Å². The van der Waals surface area contributed by atoms with Crippen LogP contribution in [0, 0.1) is 19.8 Å². The fourth-order valence-corrected chi connectivity index (χ4v) is 4.55. The largest absolute Gasteiger partial charge is 0.277 e. The van der Waals surface area contributed by atoms with Crippen molar-refractivity contribution in [3.63, 3.8) is 0 Å². The van der Waals surface area contributed by atoms with Gasteiger partial charge in [0.25, 0.3) is 5.91 Å². The second-order valence-electron chi connectivity index (χ2n) is 9.13. The Labute approximate surface area is 167 Å². The van der Waals surface area contributed by atoms with Crippen molar-refractivity contribution >= 4 is 11.6 Å². The van der Waals surface area contributed by atoms with Crippen LogP contribution in [0.5, 0.6) is 0 Å². The van der Waals surface area contributed by atoms with Gasteiger partial charge in [0.1, 0.15) is 0 Å². The van der Waals surface area contributed by atoms with Gasteiger partial charge in [0.2, 0.25) is 0 Å². The zero-order valence-corrected chi connectivity index (χ0v) is 17.4. The summed E-state index contributed by atoms with van der Waals surface area (Å²) in [6.07, 6.45) is 9.50. The molecule has 1 aromatic heterocycles. The Hall–Kier alpha value is -2.43. The highest BCUT2D eigenvalue weighted by Crippen LogP contribution is 2.32. The van der Waals surface area contributed by atoms with Crippen LogP contribution < -0.4 is 0 Å². The summed E-state index contributed by atoms with van der Waals surface area (Å²) in [6.45, 7) is 9.26. The summed E-state index contributed by atoms with van der Waals surface area (Å²) in [5, 5.41) is 10.8. The highest BCUT2D eigenvalue weighted by molar-refractivity contribution is 6.05. The van der Waals surface area contributed by atoms with Crippen LogP contribution in [0.25, 0.3) is 0 Å². The first-order valence-corrected chi connectivity index (χ1v) is 10.3. The summed E-state index contributed by atoms with van der Waals surface area (Å²) in [5.74, 6) is 0.627. The fourth-order valence-electron chi connectivity index (χ4n) is 4.55. The summed E-state index contributed by atoms with van der Waals surface area (Å²) >= 11 is 0. The van der Waals surface area contributed by atoms with Gasteiger partial charge in [-0.1, -0.05) is 42.2 Å². The molecule has 0 radical (unpaired) electrons. The van der Waals surface area contributed by atoms with Crippen LogP contribution in [-0.4, -0.2) is 31.9 Å². The average Bonchev–Trinajstić information content (AvgIpc) is 3.34. The molecule has 1 aliphatic carbocycles. The minimum absolute atomic E-state index is 0.0675. The summed E-state index contributed by atoms with van der Waals surface area (Å²) in [4.78, 5) is 13.2. The third-order valence-corrected chi connectivity index (χ3v) is 5.94. The lowest BCUT2D eigenvalue weighted by atomic mass is 9.93. The highest BCUT2D eigenvalue weighted by Gasteiger charge is 2.39. The molecule has 4 rings (SSSR count). The Kier molecular flexibility index (Phi) is 4.86. The van der Waals surface area contributed by atoms with E-state index in [0.29, 0.717) is 11.5 Å². The molecule has 0 spiro atoms. The van der Waals surface area contributed by atoms with Crippen molar-refractivity contribution in [3.8, 4) is 0 Å². The number of aromatic nitrogens is 2. The maximum absolute atomic E-state index is 13.2. The van der Waals surface area contributed by atoms with Gasteiger partial charge in [-0.25, -0.2) is 5.01 Å². The smallest absolute Gasteiger partial charge is 0.272 e. The number of carbonyl (C=O) groups excluding carboxylic acids is 1. The van der Waals surface area contributed by atoms with Crippen LogP contribution in [0.1, 0.15) is 73.0 Å². The zero-order valence-electron chi connectivity index (χ0n) is 17.4.